The van der Waals surface area contributed by atoms with Crippen molar-refractivity contribution in [2.45, 2.75) is 0 Å². The number of pyridine rings is 1. The molecule has 0 unspecified atom stereocenters. The van der Waals surface area contributed by atoms with Gasteiger partial charge in [0.15, 0.2) is 11.5 Å². The van der Waals surface area contributed by atoms with E-state index in [1.165, 1.54) is 24.4 Å². The maximum atomic E-state index is 14.0. The molecule has 0 aliphatic heterocycles. The zero-order valence-corrected chi connectivity index (χ0v) is 10.8. The first-order valence-corrected chi connectivity index (χ1v) is 5.96. The summed E-state index contributed by atoms with van der Waals surface area (Å²) in [5, 5.41) is 21.4. The van der Waals surface area contributed by atoms with Crippen molar-refractivity contribution >= 4 is 5.65 Å². The minimum Gasteiger partial charge on any atom is -0.249 e. The Hall–Kier alpha value is -3.52. The fourth-order valence-electron chi connectivity index (χ4n) is 1.98. The molecule has 0 saturated heterocycles. The van der Waals surface area contributed by atoms with Crippen molar-refractivity contribution in [1.82, 2.24) is 14.2 Å². The highest BCUT2D eigenvalue weighted by molar-refractivity contribution is 5.45. The third-order valence-electron chi connectivity index (χ3n) is 3.03. The highest BCUT2D eigenvalue weighted by atomic mass is 19.1. The molecule has 22 heavy (non-hydrogen) atoms. The van der Waals surface area contributed by atoms with E-state index in [1.54, 1.807) is 0 Å². The highest BCUT2D eigenvalue weighted by Crippen LogP contribution is 2.17. The Bertz CT molecular complexity index is 1050. The summed E-state index contributed by atoms with van der Waals surface area (Å²) < 4.78 is 29.3. The van der Waals surface area contributed by atoms with Gasteiger partial charge in [0.25, 0.3) is 0 Å². The first-order valence-electron chi connectivity index (χ1n) is 5.96. The number of aromatic nitrogens is 3. The number of rotatable bonds is 1. The topological polar surface area (TPSA) is 86.9 Å². The molecule has 0 bridgehead atoms. The van der Waals surface area contributed by atoms with Gasteiger partial charge >= 0.3 is 5.69 Å². The van der Waals surface area contributed by atoms with Crippen LogP contribution in [-0.2, 0) is 0 Å². The molecule has 0 aliphatic rings. The van der Waals surface area contributed by atoms with Gasteiger partial charge in [-0.2, -0.15) is 15.2 Å². The molecule has 2 heterocycles. The van der Waals surface area contributed by atoms with Crippen LogP contribution in [0.15, 0.2) is 35.3 Å². The standard InChI is InChI=1S/C14H5F2N5O/c15-10-4-12(11(16)3-9(10)6-18)21-14(22)20-7-8(5-17)1-2-13(20)19-21/h1-4,7H. The average molecular weight is 297 g/mol. The molecular weight excluding hydrogens is 292 g/mol. The van der Waals surface area contributed by atoms with Crippen molar-refractivity contribution < 1.29 is 8.78 Å². The summed E-state index contributed by atoms with van der Waals surface area (Å²) >= 11 is 0. The molecule has 106 valence electrons. The van der Waals surface area contributed by atoms with Crippen LogP contribution < -0.4 is 5.69 Å². The van der Waals surface area contributed by atoms with Gasteiger partial charge in [-0.25, -0.2) is 18.0 Å². The third kappa shape index (κ3) is 1.91. The van der Waals surface area contributed by atoms with Gasteiger partial charge in [0.05, 0.1) is 11.1 Å². The summed E-state index contributed by atoms with van der Waals surface area (Å²) in [6, 6.07) is 7.65. The van der Waals surface area contributed by atoms with Crippen LogP contribution in [0.2, 0.25) is 0 Å². The number of hydrogen-bond donors (Lipinski definition) is 0. The van der Waals surface area contributed by atoms with Gasteiger partial charge in [0.1, 0.15) is 23.6 Å². The Balaban J connectivity index is 2.30. The monoisotopic (exact) mass is 297 g/mol. The van der Waals surface area contributed by atoms with Gasteiger partial charge in [0.2, 0.25) is 0 Å². The molecule has 6 nitrogen and oxygen atoms in total. The Morgan fingerprint density at radius 3 is 2.55 bits per heavy atom. The van der Waals surface area contributed by atoms with Crippen molar-refractivity contribution in [2.75, 3.05) is 0 Å². The molecule has 1 aromatic carbocycles. The van der Waals surface area contributed by atoms with Crippen molar-refractivity contribution in [1.29, 1.82) is 10.5 Å². The minimum atomic E-state index is -0.958. The lowest BCUT2D eigenvalue weighted by Crippen LogP contribution is -2.20. The molecule has 0 fully saturated rings. The van der Waals surface area contributed by atoms with Gasteiger partial charge < -0.3 is 0 Å². The Kier molecular flexibility index (Phi) is 2.93. The Labute approximate surface area is 121 Å². The molecule has 0 atom stereocenters. The number of fused-ring (bicyclic) bond motifs is 1. The molecule has 0 amide bonds. The van der Waals surface area contributed by atoms with Gasteiger partial charge in [-0.15, -0.1) is 5.10 Å². The Morgan fingerprint density at radius 1 is 1.09 bits per heavy atom. The SMILES string of the molecule is N#Cc1ccc2nn(-c3cc(F)c(C#N)cc3F)c(=O)n2c1. The fraction of sp³-hybridized carbons (Fsp3) is 0. The zero-order chi connectivity index (χ0) is 15.9. The molecule has 3 aromatic rings. The van der Waals surface area contributed by atoms with Crippen LogP contribution in [0, 0.1) is 34.3 Å². The maximum absolute atomic E-state index is 14.0. The molecule has 2 aromatic heterocycles. The molecule has 0 saturated carbocycles. The van der Waals surface area contributed by atoms with Crippen LogP contribution in [0.5, 0.6) is 0 Å². The van der Waals surface area contributed by atoms with Crippen molar-refractivity contribution in [2.24, 2.45) is 0 Å². The van der Waals surface area contributed by atoms with E-state index < -0.39 is 28.6 Å². The minimum absolute atomic E-state index is 0.174. The van der Waals surface area contributed by atoms with E-state index in [0.29, 0.717) is 10.7 Å². The molecule has 0 aliphatic carbocycles. The molecule has 0 radical (unpaired) electrons. The van der Waals surface area contributed by atoms with Gasteiger partial charge in [0, 0.05) is 12.3 Å². The summed E-state index contributed by atoms with van der Waals surface area (Å²) in [6.45, 7) is 0. The summed E-state index contributed by atoms with van der Waals surface area (Å²) in [7, 11) is 0. The van der Waals surface area contributed by atoms with E-state index >= 15 is 0 Å². The zero-order valence-electron chi connectivity index (χ0n) is 10.8. The fourth-order valence-corrected chi connectivity index (χ4v) is 1.98. The van der Waals surface area contributed by atoms with E-state index in [-0.39, 0.29) is 11.2 Å². The number of hydrogen-bond acceptors (Lipinski definition) is 4. The number of halogens is 2. The highest BCUT2D eigenvalue weighted by Gasteiger charge is 2.16. The summed E-state index contributed by atoms with van der Waals surface area (Å²) in [6.07, 6.45) is 1.25. The molecule has 3 rings (SSSR count). The van der Waals surface area contributed by atoms with Crippen LogP contribution in [0.1, 0.15) is 11.1 Å². The number of nitrogens with zero attached hydrogens (tertiary/aromatic N) is 5. The van der Waals surface area contributed by atoms with E-state index in [4.69, 9.17) is 10.5 Å². The number of benzene rings is 1. The second-order valence-corrected chi connectivity index (χ2v) is 4.35. The maximum Gasteiger partial charge on any atom is 0.355 e. The first kappa shape index (κ1) is 13.5. The van der Waals surface area contributed by atoms with E-state index in [1.807, 2.05) is 6.07 Å². The van der Waals surface area contributed by atoms with Crippen LogP contribution in [0.3, 0.4) is 0 Å². The van der Waals surface area contributed by atoms with Crippen molar-refractivity contribution in [3.8, 4) is 17.8 Å². The smallest absolute Gasteiger partial charge is 0.249 e. The van der Waals surface area contributed by atoms with E-state index in [9.17, 15) is 13.6 Å². The predicted octanol–water partition coefficient (Wildman–Crippen LogP) is 1.51. The molecule has 0 spiro atoms. The van der Waals surface area contributed by atoms with Crippen molar-refractivity contribution in [3.63, 3.8) is 0 Å². The molecule has 0 N–H and O–H groups in total. The molecule has 8 heteroatoms. The normalized spacial score (nSPS) is 10.4. The molecular formula is C14H5F2N5O. The van der Waals surface area contributed by atoms with Crippen LogP contribution in [0.25, 0.3) is 11.3 Å². The summed E-state index contributed by atoms with van der Waals surface area (Å²) in [5.41, 5.74) is -1.24. The van der Waals surface area contributed by atoms with Gasteiger partial charge in [-0.1, -0.05) is 0 Å². The van der Waals surface area contributed by atoms with Gasteiger partial charge in [-0.05, 0) is 18.2 Å². The van der Waals surface area contributed by atoms with Crippen molar-refractivity contribution in [3.05, 3.63) is 63.7 Å². The van der Waals surface area contributed by atoms with Gasteiger partial charge in [-0.3, -0.25) is 0 Å². The lowest BCUT2D eigenvalue weighted by atomic mass is 10.2. The van der Waals surface area contributed by atoms with Crippen LogP contribution >= 0.6 is 0 Å². The van der Waals surface area contributed by atoms with Crippen LogP contribution in [0.4, 0.5) is 8.78 Å². The predicted molar refractivity (Wildman–Crippen MR) is 70.1 cm³/mol. The Morgan fingerprint density at radius 2 is 1.86 bits per heavy atom. The quantitative estimate of drug-likeness (QED) is 0.681. The average Bonchev–Trinajstić information content (AvgIpc) is 2.85. The summed E-state index contributed by atoms with van der Waals surface area (Å²) in [5.74, 6) is -1.91. The largest absolute Gasteiger partial charge is 0.355 e. The third-order valence-corrected chi connectivity index (χ3v) is 3.03. The lowest BCUT2D eigenvalue weighted by molar-refractivity contribution is 0.582. The van der Waals surface area contributed by atoms with E-state index in [0.717, 1.165) is 10.5 Å². The lowest BCUT2D eigenvalue weighted by Gasteiger charge is -2.02. The first-order chi connectivity index (χ1) is 10.5. The summed E-state index contributed by atoms with van der Waals surface area (Å²) in [4.78, 5) is 12.2. The second-order valence-electron chi connectivity index (χ2n) is 4.35. The number of nitriles is 2. The second kappa shape index (κ2) is 4.79. The van der Waals surface area contributed by atoms with E-state index in [2.05, 4.69) is 5.10 Å². The van der Waals surface area contributed by atoms with Crippen LogP contribution in [-0.4, -0.2) is 14.2 Å².